The molecule has 4 nitrogen and oxygen atoms in total. The zero-order valence-electron chi connectivity index (χ0n) is 16.9. The molecule has 0 saturated heterocycles. The lowest BCUT2D eigenvalue weighted by Crippen LogP contribution is -2.04. The lowest BCUT2D eigenvalue weighted by atomic mass is 10.1. The molecule has 0 bridgehead atoms. The first-order valence-electron chi connectivity index (χ1n) is 9.56. The molecule has 0 N–H and O–H groups in total. The zero-order valence-corrected chi connectivity index (χ0v) is 20.0. The van der Waals surface area contributed by atoms with Crippen molar-refractivity contribution in [1.29, 1.82) is 0 Å². The average molecular weight is 504 g/mol. The van der Waals surface area contributed by atoms with E-state index in [0.29, 0.717) is 37.2 Å². The van der Waals surface area contributed by atoms with Crippen molar-refractivity contribution in [2.45, 2.75) is 5.16 Å². The van der Waals surface area contributed by atoms with Crippen LogP contribution >= 0.6 is 46.6 Å². The van der Waals surface area contributed by atoms with E-state index < -0.39 is 0 Å². The highest BCUT2D eigenvalue weighted by atomic mass is 35.5. The summed E-state index contributed by atoms with van der Waals surface area (Å²) in [5, 5.41) is 2.27. The molecule has 8 heteroatoms. The molecule has 0 aliphatic rings. The van der Waals surface area contributed by atoms with Crippen LogP contribution in [0.1, 0.15) is 10.4 Å². The molecule has 0 saturated carbocycles. The number of benzene rings is 3. The minimum absolute atomic E-state index is 0.0210. The number of ether oxygens (including phenoxy) is 1. The van der Waals surface area contributed by atoms with Crippen molar-refractivity contribution in [2.24, 2.45) is 0 Å². The van der Waals surface area contributed by atoms with E-state index in [1.165, 1.54) is 11.8 Å². The molecule has 0 unspecified atom stereocenters. The Morgan fingerprint density at radius 1 is 1.00 bits per heavy atom. The Balaban J connectivity index is 1.71. The predicted molar refractivity (Wildman–Crippen MR) is 132 cm³/mol. The summed E-state index contributed by atoms with van der Waals surface area (Å²) in [5.74, 6) is 0.874. The highest BCUT2D eigenvalue weighted by Crippen LogP contribution is 2.35. The third-order valence-corrected chi connectivity index (χ3v) is 6.48. The van der Waals surface area contributed by atoms with E-state index in [2.05, 4.69) is 0 Å². The van der Waals surface area contributed by atoms with Crippen molar-refractivity contribution in [3.63, 3.8) is 0 Å². The van der Waals surface area contributed by atoms with Gasteiger partial charge in [-0.2, -0.15) is 0 Å². The lowest BCUT2D eigenvalue weighted by Gasteiger charge is -2.11. The standard InChI is InChI=1S/C24H17Cl3N2O2S/c1-31-23-5-3-2-4-21(23)29-13-20(18-11-10-17(26)12-19(18)27)28-24(29)32-14-22(30)15-6-8-16(25)9-7-15/h2-13H,14H2,1H3. The Kier molecular flexibility index (Phi) is 7.11. The lowest BCUT2D eigenvalue weighted by molar-refractivity contribution is 0.102. The van der Waals surface area contributed by atoms with Gasteiger partial charge >= 0.3 is 0 Å². The molecule has 0 aliphatic carbocycles. The van der Waals surface area contributed by atoms with Gasteiger partial charge in [-0.15, -0.1) is 0 Å². The first-order valence-corrected chi connectivity index (χ1v) is 11.7. The summed E-state index contributed by atoms with van der Waals surface area (Å²) in [6.07, 6.45) is 1.88. The van der Waals surface area contributed by atoms with Gasteiger partial charge in [-0.25, -0.2) is 4.98 Å². The Hall–Kier alpha value is -2.44. The third kappa shape index (κ3) is 4.97. The Labute approximate surface area is 205 Å². The van der Waals surface area contributed by atoms with E-state index in [1.807, 2.05) is 41.1 Å². The van der Waals surface area contributed by atoms with Gasteiger partial charge < -0.3 is 4.74 Å². The van der Waals surface area contributed by atoms with Crippen LogP contribution in [-0.2, 0) is 0 Å². The predicted octanol–water partition coefficient (Wildman–Crippen LogP) is 7.48. The number of hydrogen-bond donors (Lipinski definition) is 0. The molecule has 0 spiro atoms. The number of methoxy groups -OCH3 is 1. The summed E-state index contributed by atoms with van der Waals surface area (Å²) in [5.41, 5.74) is 2.81. The highest BCUT2D eigenvalue weighted by Gasteiger charge is 2.18. The van der Waals surface area contributed by atoms with E-state index in [-0.39, 0.29) is 11.5 Å². The maximum absolute atomic E-state index is 12.7. The second-order valence-electron chi connectivity index (χ2n) is 6.79. The van der Waals surface area contributed by atoms with Gasteiger partial charge in [0.25, 0.3) is 0 Å². The molecule has 32 heavy (non-hydrogen) atoms. The van der Waals surface area contributed by atoms with E-state index in [0.717, 1.165) is 11.3 Å². The number of Topliss-reactive ketones (excluding diaryl/α,β-unsaturated/α-hetero) is 1. The summed E-state index contributed by atoms with van der Waals surface area (Å²) in [6.45, 7) is 0. The van der Waals surface area contributed by atoms with Gasteiger partial charge in [0.15, 0.2) is 10.9 Å². The van der Waals surface area contributed by atoms with Gasteiger partial charge in [-0.1, -0.05) is 58.7 Å². The van der Waals surface area contributed by atoms with Crippen LogP contribution in [0.15, 0.2) is 78.1 Å². The minimum Gasteiger partial charge on any atom is -0.495 e. The maximum Gasteiger partial charge on any atom is 0.173 e. The van der Waals surface area contributed by atoms with E-state index in [1.54, 1.807) is 43.5 Å². The fraction of sp³-hybridized carbons (Fsp3) is 0.0833. The van der Waals surface area contributed by atoms with E-state index in [4.69, 9.17) is 44.5 Å². The van der Waals surface area contributed by atoms with Crippen LogP contribution in [0.25, 0.3) is 16.9 Å². The molecule has 1 aromatic heterocycles. The SMILES string of the molecule is COc1ccccc1-n1cc(-c2ccc(Cl)cc2Cl)nc1SCC(=O)c1ccc(Cl)cc1. The summed E-state index contributed by atoms with van der Waals surface area (Å²) >= 11 is 19.7. The van der Waals surface area contributed by atoms with Crippen molar-refractivity contribution in [3.05, 3.63) is 93.6 Å². The summed E-state index contributed by atoms with van der Waals surface area (Å²) in [4.78, 5) is 17.5. The molecular formula is C24H17Cl3N2O2S. The fourth-order valence-corrected chi connectivity index (χ4v) is 4.65. The number of carbonyl (C=O) groups excluding carboxylic acids is 1. The normalized spacial score (nSPS) is 10.9. The van der Waals surface area contributed by atoms with E-state index >= 15 is 0 Å². The monoisotopic (exact) mass is 502 g/mol. The number of rotatable bonds is 7. The smallest absolute Gasteiger partial charge is 0.173 e. The zero-order chi connectivity index (χ0) is 22.7. The molecule has 0 atom stereocenters. The average Bonchev–Trinajstić information content (AvgIpc) is 3.21. The van der Waals surface area contributed by atoms with Gasteiger partial charge in [-0.3, -0.25) is 9.36 Å². The van der Waals surface area contributed by atoms with Crippen LogP contribution in [0.4, 0.5) is 0 Å². The molecular weight excluding hydrogens is 487 g/mol. The number of imidazole rings is 1. The van der Waals surface area contributed by atoms with Gasteiger partial charge in [0, 0.05) is 27.4 Å². The third-order valence-electron chi connectivity index (χ3n) is 4.72. The van der Waals surface area contributed by atoms with Crippen molar-refractivity contribution in [1.82, 2.24) is 9.55 Å². The van der Waals surface area contributed by atoms with Crippen LogP contribution in [0.3, 0.4) is 0 Å². The van der Waals surface area contributed by atoms with Crippen LogP contribution in [-0.4, -0.2) is 28.2 Å². The van der Waals surface area contributed by atoms with Gasteiger partial charge in [-0.05, 0) is 54.6 Å². The number of para-hydroxylation sites is 2. The molecule has 0 radical (unpaired) electrons. The summed E-state index contributed by atoms with van der Waals surface area (Å²) < 4.78 is 7.44. The largest absolute Gasteiger partial charge is 0.495 e. The quantitative estimate of drug-likeness (QED) is 0.194. The van der Waals surface area contributed by atoms with Crippen molar-refractivity contribution in [3.8, 4) is 22.7 Å². The molecule has 0 amide bonds. The number of ketones is 1. The molecule has 4 aromatic rings. The number of aromatic nitrogens is 2. The number of carbonyl (C=O) groups is 1. The highest BCUT2D eigenvalue weighted by molar-refractivity contribution is 7.99. The van der Waals surface area contributed by atoms with Crippen LogP contribution < -0.4 is 4.74 Å². The van der Waals surface area contributed by atoms with Gasteiger partial charge in [0.1, 0.15) is 5.75 Å². The second-order valence-corrected chi connectivity index (χ2v) is 9.02. The van der Waals surface area contributed by atoms with Crippen LogP contribution in [0, 0.1) is 0 Å². The van der Waals surface area contributed by atoms with E-state index in [9.17, 15) is 4.79 Å². The second kappa shape index (κ2) is 10.0. The van der Waals surface area contributed by atoms with Crippen LogP contribution in [0.5, 0.6) is 5.75 Å². The van der Waals surface area contributed by atoms with Crippen molar-refractivity contribution < 1.29 is 9.53 Å². The van der Waals surface area contributed by atoms with Crippen molar-refractivity contribution >= 4 is 52.3 Å². The van der Waals surface area contributed by atoms with Crippen LogP contribution in [0.2, 0.25) is 15.1 Å². The Morgan fingerprint density at radius 3 is 2.44 bits per heavy atom. The number of hydrogen-bond acceptors (Lipinski definition) is 4. The minimum atomic E-state index is -0.0210. The first kappa shape index (κ1) is 22.7. The van der Waals surface area contributed by atoms with Gasteiger partial charge in [0.2, 0.25) is 0 Å². The summed E-state index contributed by atoms with van der Waals surface area (Å²) in [7, 11) is 1.61. The molecule has 1 heterocycles. The summed E-state index contributed by atoms with van der Waals surface area (Å²) in [6, 6.07) is 19.7. The molecule has 4 rings (SSSR count). The maximum atomic E-state index is 12.7. The van der Waals surface area contributed by atoms with Crippen molar-refractivity contribution in [2.75, 3.05) is 12.9 Å². The fourth-order valence-electron chi connectivity index (χ4n) is 3.14. The molecule has 0 fully saturated rings. The topological polar surface area (TPSA) is 44.1 Å². The Bertz CT molecular complexity index is 1270. The molecule has 0 aliphatic heterocycles. The molecule has 162 valence electrons. The molecule has 3 aromatic carbocycles. The Morgan fingerprint density at radius 2 is 1.72 bits per heavy atom. The van der Waals surface area contributed by atoms with Gasteiger partial charge in [0.05, 0.1) is 29.3 Å². The number of halogens is 3. The number of nitrogens with zero attached hydrogens (tertiary/aromatic N) is 2. The first-order chi connectivity index (χ1) is 15.5. The number of thioether (sulfide) groups is 1.